The molecule has 3 N–H and O–H groups in total. The van der Waals surface area contributed by atoms with Crippen molar-refractivity contribution in [2.45, 2.75) is 6.10 Å². The minimum Gasteiger partial charge on any atom is -0.496 e. The van der Waals surface area contributed by atoms with Crippen LogP contribution in [0.5, 0.6) is 17.4 Å². The fraction of sp³-hybridized carbons (Fsp3) is 0.292. The van der Waals surface area contributed by atoms with E-state index in [1.807, 2.05) is 24.3 Å². The van der Waals surface area contributed by atoms with Gasteiger partial charge >= 0.3 is 6.03 Å². The number of carbonyl (C=O) groups excluding carboxylic acids is 1. The number of nitrogens with one attached hydrogen (secondary N) is 1. The summed E-state index contributed by atoms with van der Waals surface area (Å²) in [6, 6.07) is 9.06. The van der Waals surface area contributed by atoms with Gasteiger partial charge in [0.2, 0.25) is 5.88 Å². The molecule has 1 aromatic carbocycles. The van der Waals surface area contributed by atoms with Crippen molar-refractivity contribution in [2.24, 2.45) is 10.9 Å². The van der Waals surface area contributed by atoms with Crippen molar-refractivity contribution in [3.63, 3.8) is 0 Å². The number of urea groups is 1. The number of allylic oxidation sites excluding steroid dienone is 2. The van der Waals surface area contributed by atoms with E-state index in [1.165, 1.54) is 6.21 Å². The summed E-state index contributed by atoms with van der Waals surface area (Å²) in [7, 11) is 3.25. The van der Waals surface area contributed by atoms with Gasteiger partial charge < -0.3 is 35.0 Å². The molecular weight excluding hydrogens is 438 g/mol. The van der Waals surface area contributed by atoms with Crippen LogP contribution in [0, 0.1) is 0 Å². The summed E-state index contributed by atoms with van der Waals surface area (Å²) < 4.78 is 22.1. The number of nitrogens with zero attached hydrogens (tertiary/aromatic N) is 3. The van der Waals surface area contributed by atoms with Gasteiger partial charge in [0.05, 0.1) is 26.8 Å². The van der Waals surface area contributed by atoms with Crippen molar-refractivity contribution in [3.8, 4) is 28.5 Å². The van der Waals surface area contributed by atoms with Gasteiger partial charge in [-0.3, -0.25) is 0 Å². The predicted octanol–water partition coefficient (Wildman–Crippen LogP) is 2.57. The Labute approximate surface area is 198 Å². The Morgan fingerprint density at radius 1 is 1.29 bits per heavy atom. The third kappa shape index (κ3) is 6.72. The van der Waals surface area contributed by atoms with E-state index in [-0.39, 0.29) is 12.1 Å². The summed E-state index contributed by atoms with van der Waals surface area (Å²) in [5.74, 6) is 6.91. The molecule has 0 bridgehead atoms. The van der Waals surface area contributed by atoms with E-state index in [0.29, 0.717) is 49.4 Å². The molecule has 10 heteroatoms. The van der Waals surface area contributed by atoms with Gasteiger partial charge in [-0.05, 0) is 36.4 Å². The second kappa shape index (κ2) is 12.3. The van der Waals surface area contributed by atoms with Crippen molar-refractivity contribution >= 4 is 12.2 Å². The summed E-state index contributed by atoms with van der Waals surface area (Å²) in [5.41, 5.74) is 2.16. The average molecular weight is 468 g/mol. The summed E-state index contributed by atoms with van der Waals surface area (Å²) in [5, 5.41) is 6.02. The molecule has 180 valence electrons. The first-order valence-electron chi connectivity index (χ1n) is 10.6. The first-order valence-corrected chi connectivity index (χ1v) is 10.6. The number of hydrogen-bond donors (Lipinski definition) is 2. The molecule has 2 heterocycles. The third-order valence-corrected chi connectivity index (χ3v) is 4.93. The molecule has 2 aromatic rings. The van der Waals surface area contributed by atoms with Crippen LogP contribution in [-0.2, 0) is 4.74 Å². The Morgan fingerprint density at radius 2 is 2.12 bits per heavy atom. The van der Waals surface area contributed by atoms with Crippen LogP contribution >= 0.6 is 0 Å². The molecule has 0 saturated carbocycles. The summed E-state index contributed by atoms with van der Waals surface area (Å²) in [4.78, 5) is 18.2. The molecule has 1 saturated heterocycles. The zero-order chi connectivity index (χ0) is 24.3. The number of nitrogens with two attached hydrogens (primary N) is 1. The van der Waals surface area contributed by atoms with E-state index in [9.17, 15) is 4.79 Å². The molecule has 0 atom stereocenters. The Kier molecular flexibility index (Phi) is 8.87. The van der Waals surface area contributed by atoms with E-state index >= 15 is 0 Å². The number of methoxy groups -OCH3 is 2. The van der Waals surface area contributed by atoms with E-state index in [0.717, 1.165) is 11.1 Å². The molecule has 1 aromatic heterocycles. The van der Waals surface area contributed by atoms with Crippen molar-refractivity contribution in [3.05, 3.63) is 61.0 Å². The average Bonchev–Trinajstić information content (AvgIpc) is 2.81. The van der Waals surface area contributed by atoms with E-state index in [4.69, 9.17) is 24.8 Å². The van der Waals surface area contributed by atoms with Crippen LogP contribution in [0.15, 0.2) is 66.1 Å². The topological polar surface area (TPSA) is 121 Å². The number of hydrazone groups is 1. The molecular formula is C24H29N5O5. The molecule has 0 unspecified atom stereocenters. The number of pyridine rings is 1. The van der Waals surface area contributed by atoms with Crippen molar-refractivity contribution in [1.29, 1.82) is 0 Å². The Balaban J connectivity index is 1.53. The quantitative estimate of drug-likeness (QED) is 0.171. The largest absolute Gasteiger partial charge is 0.496 e. The molecule has 1 aliphatic rings. The molecule has 0 spiro atoms. The lowest BCUT2D eigenvalue weighted by Crippen LogP contribution is -2.58. The highest BCUT2D eigenvalue weighted by Crippen LogP contribution is 2.33. The van der Waals surface area contributed by atoms with Crippen molar-refractivity contribution in [2.75, 3.05) is 40.5 Å². The summed E-state index contributed by atoms with van der Waals surface area (Å²) >= 11 is 0. The monoisotopic (exact) mass is 467 g/mol. The van der Waals surface area contributed by atoms with Crippen LogP contribution in [0.3, 0.4) is 0 Å². The number of ether oxygens (including phenoxy) is 4. The summed E-state index contributed by atoms with van der Waals surface area (Å²) in [6.45, 7) is 5.61. The molecule has 2 amide bonds. The molecule has 10 nitrogen and oxygen atoms in total. The van der Waals surface area contributed by atoms with Gasteiger partial charge in [-0.2, -0.15) is 5.10 Å². The van der Waals surface area contributed by atoms with Gasteiger partial charge in [0.15, 0.2) is 0 Å². The number of rotatable bonds is 11. The van der Waals surface area contributed by atoms with Crippen LogP contribution in [0.2, 0.25) is 0 Å². The normalized spacial score (nSPS) is 13.6. The highest BCUT2D eigenvalue weighted by molar-refractivity contribution is 5.78. The van der Waals surface area contributed by atoms with Crippen LogP contribution in [0.25, 0.3) is 11.1 Å². The minimum absolute atomic E-state index is 0.135. The van der Waals surface area contributed by atoms with Crippen LogP contribution in [0.4, 0.5) is 4.79 Å². The second-order valence-corrected chi connectivity index (χ2v) is 7.35. The maximum absolute atomic E-state index is 12.2. The Morgan fingerprint density at radius 3 is 2.79 bits per heavy atom. The van der Waals surface area contributed by atoms with Crippen LogP contribution in [0.1, 0.15) is 0 Å². The number of likely N-dealkylation sites (tertiary alicyclic amines) is 1. The Hall–Kier alpha value is -4.05. The van der Waals surface area contributed by atoms with Gasteiger partial charge in [0, 0.05) is 42.4 Å². The van der Waals surface area contributed by atoms with Crippen LogP contribution < -0.4 is 25.4 Å². The molecule has 34 heavy (non-hydrogen) atoms. The maximum atomic E-state index is 12.2. The lowest BCUT2D eigenvalue weighted by Gasteiger charge is -2.38. The van der Waals surface area contributed by atoms with Gasteiger partial charge in [0.25, 0.3) is 0 Å². The standard InChI is InChI=1S/C24H29N5O5/c1-17(5-4-10-27-25)28-24(30)29-15-20(16-29)34-23-9-6-18(14-26-23)21-13-19(33-12-11-31-2)7-8-22(21)32-3/h4-10,13-14,20H,1,11-12,15-16,25H2,2-3H3,(H,28,30)/b5-4-,27-10-. The van der Waals surface area contributed by atoms with Gasteiger partial charge in [-0.15, -0.1) is 0 Å². The second-order valence-electron chi connectivity index (χ2n) is 7.35. The Bertz CT molecular complexity index is 1030. The van der Waals surface area contributed by atoms with Crippen molar-refractivity contribution < 1.29 is 23.7 Å². The lowest BCUT2D eigenvalue weighted by molar-refractivity contribution is 0.0423. The van der Waals surface area contributed by atoms with E-state index in [2.05, 4.69) is 22.0 Å². The molecule has 3 rings (SSSR count). The fourth-order valence-electron chi connectivity index (χ4n) is 3.17. The fourth-order valence-corrected chi connectivity index (χ4v) is 3.17. The van der Waals surface area contributed by atoms with Gasteiger partial charge in [0.1, 0.15) is 24.2 Å². The zero-order valence-corrected chi connectivity index (χ0v) is 19.3. The molecule has 0 radical (unpaired) electrons. The minimum atomic E-state index is -0.248. The van der Waals surface area contributed by atoms with Gasteiger partial charge in [-0.1, -0.05) is 6.58 Å². The number of benzene rings is 1. The van der Waals surface area contributed by atoms with E-state index in [1.54, 1.807) is 43.5 Å². The first kappa shape index (κ1) is 24.6. The lowest BCUT2D eigenvalue weighted by atomic mass is 10.1. The van der Waals surface area contributed by atoms with Crippen LogP contribution in [-0.4, -0.2) is 68.8 Å². The van der Waals surface area contributed by atoms with Crippen molar-refractivity contribution in [1.82, 2.24) is 15.2 Å². The molecule has 0 aliphatic carbocycles. The molecule has 1 aliphatic heterocycles. The highest BCUT2D eigenvalue weighted by atomic mass is 16.5. The highest BCUT2D eigenvalue weighted by Gasteiger charge is 2.32. The smallest absolute Gasteiger partial charge is 0.322 e. The number of carbonyl (C=O) groups is 1. The van der Waals surface area contributed by atoms with Gasteiger partial charge in [-0.25, -0.2) is 9.78 Å². The maximum Gasteiger partial charge on any atom is 0.322 e. The van der Waals surface area contributed by atoms with E-state index < -0.39 is 0 Å². The number of hydrogen-bond acceptors (Lipinski definition) is 8. The predicted molar refractivity (Wildman–Crippen MR) is 129 cm³/mol. The SMILES string of the molecule is C=C(/C=C\C=N/N)NC(=O)N1CC(Oc2ccc(-c3cc(OCCOC)ccc3OC)cn2)C1. The first-order chi connectivity index (χ1) is 16.5. The zero-order valence-electron chi connectivity index (χ0n) is 19.3. The third-order valence-electron chi connectivity index (χ3n) is 4.93. The molecule has 1 fully saturated rings. The number of amides is 2. The number of aromatic nitrogens is 1. The summed E-state index contributed by atoms with van der Waals surface area (Å²) in [6.07, 6.45) is 6.16.